The molecule has 2 aromatic rings. The van der Waals surface area contributed by atoms with Crippen molar-refractivity contribution in [2.24, 2.45) is 5.41 Å². The van der Waals surface area contributed by atoms with E-state index in [1.54, 1.807) is 12.3 Å². The van der Waals surface area contributed by atoms with Gasteiger partial charge >= 0.3 is 0 Å². The van der Waals surface area contributed by atoms with Crippen LogP contribution in [0.3, 0.4) is 0 Å². The van der Waals surface area contributed by atoms with Gasteiger partial charge in [0.2, 0.25) is 0 Å². The molecule has 2 aliphatic rings. The standard InChI is InChI=1S/C22H27N3O2/c1-22(12-5-4-10-19(22)26)15-24-20-17(8-6-13-23-20)21(27)25-14-11-16-7-2-3-9-18(16)25/h2-3,6-9,13,19,26H,4-5,10-12,14-15H2,1H3,(H,23,24). The number of aliphatic hydroxyl groups is 1. The van der Waals surface area contributed by atoms with E-state index in [-0.39, 0.29) is 17.4 Å². The molecule has 0 bridgehead atoms. The molecule has 0 spiro atoms. The third-order valence-electron chi connectivity index (χ3n) is 6.11. The van der Waals surface area contributed by atoms with Gasteiger partial charge in [-0.1, -0.05) is 38.0 Å². The fourth-order valence-electron chi connectivity index (χ4n) is 4.29. The van der Waals surface area contributed by atoms with Crippen molar-refractivity contribution in [2.45, 2.75) is 45.1 Å². The molecule has 0 radical (unpaired) electrons. The maximum absolute atomic E-state index is 13.2. The summed E-state index contributed by atoms with van der Waals surface area (Å²) in [5, 5.41) is 13.8. The molecule has 5 heteroatoms. The first-order valence-corrected chi connectivity index (χ1v) is 9.85. The molecule has 1 amide bonds. The largest absolute Gasteiger partial charge is 0.392 e. The molecule has 1 aromatic carbocycles. The van der Waals surface area contributed by atoms with Gasteiger partial charge in [-0.15, -0.1) is 0 Å². The Kier molecular flexibility index (Phi) is 4.87. The van der Waals surface area contributed by atoms with Gasteiger partial charge in [-0.05, 0) is 43.0 Å². The summed E-state index contributed by atoms with van der Waals surface area (Å²) in [7, 11) is 0. The average molecular weight is 365 g/mol. The minimum Gasteiger partial charge on any atom is -0.392 e. The molecule has 2 heterocycles. The van der Waals surface area contributed by atoms with E-state index < -0.39 is 0 Å². The molecule has 2 atom stereocenters. The smallest absolute Gasteiger partial charge is 0.262 e. The van der Waals surface area contributed by atoms with Crippen LogP contribution in [0.5, 0.6) is 0 Å². The summed E-state index contributed by atoms with van der Waals surface area (Å²) < 4.78 is 0. The third-order valence-corrected chi connectivity index (χ3v) is 6.11. The number of fused-ring (bicyclic) bond motifs is 1. The van der Waals surface area contributed by atoms with Crippen molar-refractivity contribution >= 4 is 17.4 Å². The van der Waals surface area contributed by atoms with Crippen LogP contribution >= 0.6 is 0 Å². The van der Waals surface area contributed by atoms with E-state index >= 15 is 0 Å². The molecular weight excluding hydrogens is 338 g/mol. The van der Waals surface area contributed by atoms with Crippen LogP contribution < -0.4 is 10.2 Å². The molecule has 1 saturated carbocycles. The summed E-state index contributed by atoms with van der Waals surface area (Å²) in [6, 6.07) is 11.7. The summed E-state index contributed by atoms with van der Waals surface area (Å²) in [4.78, 5) is 19.5. The maximum Gasteiger partial charge on any atom is 0.262 e. The van der Waals surface area contributed by atoms with Crippen molar-refractivity contribution in [1.82, 2.24) is 4.98 Å². The summed E-state index contributed by atoms with van der Waals surface area (Å²) in [5.41, 5.74) is 2.60. The lowest BCUT2D eigenvalue weighted by Crippen LogP contribution is -2.41. The fourth-order valence-corrected chi connectivity index (χ4v) is 4.29. The Morgan fingerprint density at radius 2 is 2.15 bits per heavy atom. The van der Waals surface area contributed by atoms with Gasteiger partial charge < -0.3 is 15.3 Å². The third kappa shape index (κ3) is 3.44. The Hall–Kier alpha value is -2.40. The van der Waals surface area contributed by atoms with Gasteiger partial charge in [0.05, 0.1) is 11.7 Å². The van der Waals surface area contributed by atoms with Gasteiger partial charge in [0.25, 0.3) is 5.91 Å². The number of aromatic nitrogens is 1. The first-order valence-electron chi connectivity index (χ1n) is 9.85. The lowest BCUT2D eigenvalue weighted by atomic mass is 9.73. The molecule has 2 N–H and O–H groups in total. The predicted octanol–water partition coefficient (Wildman–Crippen LogP) is 3.64. The lowest BCUT2D eigenvalue weighted by molar-refractivity contribution is 0.00958. The predicted molar refractivity (Wildman–Crippen MR) is 107 cm³/mol. The number of para-hydroxylation sites is 1. The number of nitrogens with one attached hydrogen (secondary N) is 1. The second kappa shape index (κ2) is 7.31. The van der Waals surface area contributed by atoms with Crippen LogP contribution in [0.2, 0.25) is 0 Å². The van der Waals surface area contributed by atoms with E-state index in [4.69, 9.17) is 0 Å². The van der Waals surface area contributed by atoms with Crippen LogP contribution in [0.1, 0.15) is 48.5 Å². The number of hydrogen-bond acceptors (Lipinski definition) is 4. The summed E-state index contributed by atoms with van der Waals surface area (Å²) >= 11 is 0. The Morgan fingerprint density at radius 1 is 1.30 bits per heavy atom. The Balaban J connectivity index is 1.54. The number of benzene rings is 1. The summed E-state index contributed by atoms with van der Waals surface area (Å²) in [6.45, 7) is 3.43. The number of carbonyl (C=O) groups excluding carboxylic acids is 1. The Morgan fingerprint density at radius 3 is 3.00 bits per heavy atom. The zero-order chi connectivity index (χ0) is 18.9. The number of rotatable bonds is 4. The van der Waals surface area contributed by atoms with Gasteiger partial charge in [0.1, 0.15) is 5.82 Å². The number of aliphatic hydroxyl groups excluding tert-OH is 1. The fraction of sp³-hybridized carbons (Fsp3) is 0.455. The van der Waals surface area contributed by atoms with Crippen molar-refractivity contribution in [1.29, 1.82) is 0 Å². The van der Waals surface area contributed by atoms with Gasteiger partial charge in [-0.25, -0.2) is 4.98 Å². The van der Waals surface area contributed by atoms with Crippen molar-refractivity contribution in [3.63, 3.8) is 0 Å². The Bertz CT molecular complexity index is 838. The number of hydrogen-bond donors (Lipinski definition) is 2. The van der Waals surface area contributed by atoms with E-state index in [2.05, 4.69) is 23.3 Å². The Labute approximate surface area is 160 Å². The molecule has 5 nitrogen and oxygen atoms in total. The minimum absolute atomic E-state index is 0.0232. The number of carbonyl (C=O) groups is 1. The minimum atomic E-state index is -0.313. The topological polar surface area (TPSA) is 65.5 Å². The summed E-state index contributed by atoms with van der Waals surface area (Å²) in [6.07, 6.45) is 6.32. The van der Waals surface area contributed by atoms with Crippen molar-refractivity contribution in [3.05, 3.63) is 53.7 Å². The quantitative estimate of drug-likeness (QED) is 0.868. The zero-order valence-corrected chi connectivity index (χ0v) is 15.8. The average Bonchev–Trinajstić information content (AvgIpc) is 3.13. The van der Waals surface area contributed by atoms with Gasteiger partial charge in [-0.3, -0.25) is 4.79 Å². The van der Waals surface area contributed by atoms with E-state index in [0.29, 0.717) is 24.5 Å². The first kappa shape index (κ1) is 18.0. The first-order chi connectivity index (χ1) is 13.1. The molecule has 1 aromatic heterocycles. The van der Waals surface area contributed by atoms with Gasteiger partial charge in [0, 0.05) is 30.4 Å². The van der Waals surface area contributed by atoms with Crippen LogP contribution in [-0.4, -0.2) is 35.2 Å². The van der Waals surface area contributed by atoms with Gasteiger partial charge in [-0.2, -0.15) is 0 Å². The van der Waals surface area contributed by atoms with E-state index in [1.807, 2.05) is 29.2 Å². The molecule has 1 fully saturated rings. The van der Waals surface area contributed by atoms with E-state index in [0.717, 1.165) is 37.8 Å². The molecule has 4 rings (SSSR count). The number of pyridine rings is 1. The molecule has 1 aliphatic carbocycles. The van der Waals surface area contributed by atoms with Crippen molar-refractivity contribution in [2.75, 3.05) is 23.3 Å². The number of nitrogens with zero attached hydrogens (tertiary/aromatic N) is 2. The van der Waals surface area contributed by atoms with Crippen LogP contribution in [0, 0.1) is 5.41 Å². The van der Waals surface area contributed by atoms with Crippen LogP contribution in [0.25, 0.3) is 0 Å². The molecule has 142 valence electrons. The summed E-state index contributed by atoms with van der Waals surface area (Å²) in [5.74, 6) is 0.579. The van der Waals surface area contributed by atoms with E-state index in [1.165, 1.54) is 5.56 Å². The van der Waals surface area contributed by atoms with Crippen LogP contribution in [0.4, 0.5) is 11.5 Å². The van der Waals surface area contributed by atoms with E-state index in [9.17, 15) is 9.90 Å². The molecule has 27 heavy (non-hydrogen) atoms. The second-order valence-corrected chi connectivity index (χ2v) is 8.00. The second-order valence-electron chi connectivity index (χ2n) is 8.00. The highest BCUT2D eigenvalue weighted by Gasteiger charge is 2.35. The number of anilines is 2. The zero-order valence-electron chi connectivity index (χ0n) is 15.8. The highest BCUT2D eigenvalue weighted by Crippen LogP contribution is 2.36. The highest BCUT2D eigenvalue weighted by molar-refractivity contribution is 6.10. The van der Waals surface area contributed by atoms with Crippen molar-refractivity contribution in [3.8, 4) is 0 Å². The molecule has 2 unspecified atom stereocenters. The monoisotopic (exact) mass is 365 g/mol. The maximum atomic E-state index is 13.2. The van der Waals surface area contributed by atoms with Gasteiger partial charge in [0.15, 0.2) is 0 Å². The van der Waals surface area contributed by atoms with Crippen molar-refractivity contribution < 1.29 is 9.90 Å². The van der Waals surface area contributed by atoms with Crippen LogP contribution in [0.15, 0.2) is 42.6 Å². The normalized spacial score (nSPS) is 24.5. The SMILES string of the molecule is CC1(CNc2ncccc2C(=O)N2CCc3ccccc32)CCCCC1O. The lowest BCUT2D eigenvalue weighted by Gasteiger charge is -2.38. The number of amides is 1. The molecular formula is C22H27N3O2. The molecule has 0 saturated heterocycles. The molecule has 1 aliphatic heterocycles. The van der Waals surface area contributed by atoms with Crippen LogP contribution in [-0.2, 0) is 6.42 Å². The highest BCUT2D eigenvalue weighted by atomic mass is 16.3.